The summed E-state index contributed by atoms with van der Waals surface area (Å²) in [5.41, 5.74) is 4.05. The molecule has 3 aromatic rings. The minimum Gasteiger partial charge on any atom is -0.851 e. The quantitative estimate of drug-likeness (QED) is 0.644. The van der Waals surface area contributed by atoms with E-state index in [0.29, 0.717) is 22.7 Å². The van der Waals surface area contributed by atoms with Crippen LogP contribution in [0.2, 0.25) is 0 Å². The van der Waals surface area contributed by atoms with Crippen molar-refractivity contribution in [1.82, 2.24) is 9.78 Å². The highest BCUT2D eigenvalue weighted by Gasteiger charge is 2.43. The molecule has 7 nitrogen and oxygen atoms in total. The van der Waals surface area contributed by atoms with E-state index in [0.717, 1.165) is 11.4 Å². The predicted octanol–water partition coefficient (Wildman–Crippen LogP) is 1.97. The number of ether oxygens (including phenoxy) is 1. The summed E-state index contributed by atoms with van der Waals surface area (Å²) in [6.45, 7) is 5.97. The summed E-state index contributed by atoms with van der Waals surface area (Å²) in [6.07, 6.45) is -0.487. The van der Waals surface area contributed by atoms with Gasteiger partial charge < -0.3 is 19.8 Å². The van der Waals surface area contributed by atoms with Crippen LogP contribution in [-0.2, 0) is 5.41 Å². The van der Waals surface area contributed by atoms with Crippen molar-refractivity contribution in [2.75, 3.05) is 19.1 Å². The number of fused-ring (bicyclic) bond motifs is 1. The van der Waals surface area contributed by atoms with E-state index in [1.165, 1.54) is 10.2 Å². The lowest BCUT2D eigenvalue weighted by Gasteiger charge is -2.60. The van der Waals surface area contributed by atoms with E-state index in [1.807, 2.05) is 25.3 Å². The summed E-state index contributed by atoms with van der Waals surface area (Å²) >= 11 is 0. The van der Waals surface area contributed by atoms with Gasteiger partial charge in [0.1, 0.15) is 5.75 Å². The third-order valence-corrected chi connectivity index (χ3v) is 7.54. The standard InChI is InChI=1S/C27H29N3O4/c1-15-22(26(33)30(28-15)16-10-12-17(34-5)13-11-16)23-24(31)18(25(23)32)14-21-27(2,3)19-8-6-7-9-20(19)29(21)4/h6-14,18,23-25,28H,1-5H3/q-2. The molecule has 7 heteroatoms. The molecule has 1 aromatic heterocycles. The minimum absolute atomic E-state index is 0.299. The number of benzene rings is 2. The molecule has 2 atom stereocenters. The van der Waals surface area contributed by atoms with Crippen LogP contribution in [0, 0.1) is 12.8 Å². The van der Waals surface area contributed by atoms with E-state index in [9.17, 15) is 15.0 Å². The second-order valence-corrected chi connectivity index (χ2v) is 9.77. The minimum atomic E-state index is -1.17. The number of allylic oxidation sites excluding steroid dienone is 1. The lowest BCUT2D eigenvalue weighted by atomic mass is 9.65. The molecule has 2 heterocycles. The zero-order chi connectivity index (χ0) is 24.4. The number of anilines is 1. The lowest BCUT2D eigenvalue weighted by Crippen LogP contribution is -2.65. The number of aromatic nitrogens is 2. The molecule has 1 aliphatic heterocycles. The summed E-state index contributed by atoms with van der Waals surface area (Å²) in [7, 11) is 3.55. The van der Waals surface area contributed by atoms with Crippen molar-refractivity contribution in [2.24, 2.45) is 5.92 Å². The molecule has 0 amide bonds. The average Bonchev–Trinajstić information content (AvgIpc) is 3.22. The fraction of sp³-hybridized carbons (Fsp3) is 0.370. The van der Waals surface area contributed by atoms with Gasteiger partial charge >= 0.3 is 0 Å². The number of aromatic amines is 1. The highest BCUT2D eigenvalue weighted by atomic mass is 16.5. The average molecular weight is 460 g/mol. The van der Waals surface area contributed by atoms with Crippen molar-refractivity contribution in [2.45, 2.75) is 44.3 Å². The molecular formula is C27H29N3O4-2. The number of aryl methyl sites for hydroxylation is 1. The number of likely N-dealkylation sites (N-methyl/N-ethyl adjacent to an activating group) is 1. The number of nitrogens with one attached hydrogen (secondary N) is 1. The number of nitrogens with zero attached hydrogens (tertiary/aromatic N) is 2. The second kappa shape index (κ2) is 7.89. The van der Waals surface area contributed by atoms with Crippen LogP contribution in [0.4, 0.5) is 5.69 Å². The van der Waals surface area contributed by atoms with E-state index >= 15 is 0 Å². The van der Waals surface area contributed by atoms with Crippen LogP contribution in [0.15, 0.2) is 65.1 Å². The molecule has 2 aromatic carbocycles. The Kier molecular flexibility index (Phi) is 5.22. The van der Waals surface area contributed by atoms with Crippen LogP contribution in [0.1, 0.15) is 36.6 Å². The summed E-state index contributed by atoms with van der Waals surface area (Å²) < 4.78 is 6.57. The molecule has 1 saturated carbocycles. The van der Waals surface area contributed by atoms with Crippen LogP contribution in [0.3, 0.4) is 0 Å². The molecule has 0 bridgehead atoms. The largest absolute Gasteiger partial charge is 0.851 e. The molecule has 0 spiro atoms. The Morgan fingerprint density at radius 3 is 2.32 bits per heavy atom. The predicted molar refractivity (Wildman–Crippen MR) is 127 cm³/mol. The van der Waals surface area contributed by atoms with Gasteiger partial charge in [-0.05, 0) is 54.7 Å². The maximum Gasteiger partial charge on any atom is 0.274 e. The second-order valence-electron chi connectivity index (χ2n) is 9.77. The van der Waals surface area contributed by atoms with Gasteiger partial charge in [-0.1, -0.05) is 38.1 Å². The topological polar surface area (TPSA) is 96.4 Å². The molecule has 0 radical (unpaired) electrons. The SMILES string of the molecule is COc1ccc(-n2[nH]c(C)c(C3C([O-])C(C=C4N(C)c5ccccc5C4(C)C)C3[O-])c2=O)cc1. The van der Waals surface area contributed by atoms with E-state index in [1.54, 1.807) is 38.3 Å². The van der Waals surface area contributed by atoms with Crippen LogP contribution in [-0.4, -0.2) is 36.1 Å². The fourth-order valence-electron chi connectivity index (χ4n) is 5.57. The van der Waals surface area contributed by atoms with Crippen LogP contribution >= 0.6 is 0 Å². The first-order chi connectivity index (χ1) is 16.2. The maximum absolute atomic E-state index is 13.3. The Morgan fingerprint density at radius 1 is 1.06 bits per heavy atom. The Hall–Kier alpha value is -3.29. The zero-order valence-corrected chi connectivity index (χ0v) is 20.0. The molecule has 178 valence electrons. The van der Waals surface area contributed by atoms with Crippen LogP contribution < -0.4 is 25.4 Å². The Labute approximate surface area is 198 Å². The fourth-order valence-corrected chi connectivity index (χ4v) is 5.57. The van der Waals surface area contributed by atoms with E-state index < -0.39 is 24.0 Å². The van der Waals surface area contributed by atoms with Crippen molar-refractivity contribution in [3.8, 4) is 11.4 Å². The van der Waals surface area contributed by atoms with Crippen molar-refractivity contribution in [1.29, 1.82) is 0 Å². The summed E-state index contributed by atoms with van der Waals surface area (Å²) in [5.74, 6) is -0.877. The Bertz CT molecular complexity index is 1310. The maximum atomic E-state index is 13.3. The summed E-state index contributed by atoms with van der Waals surface area (Å²) in [5, 5.41) is 29.7. The van der Waals surface area contributed by atoms with Crippen molar-refractivity contribution < 1.29 is 14.9 Å². The first-order valence-electron chi connectivity index (χ1n) is 11.5. The molecule has 2 unspecified atom stereocenters. The van der Waals surface area contributed by atoms with Gasteiger partial charge in [0, 0.05) is 35.1 Å². The van der Waals surface area contributed by atoms with Crippen LogP contribution in [0.5, 0.6) is 5.75 Å². The van der Waals surface area contributed by atoms with Gasteiger partial charge in [0.15, 0.2) is 0 Å². The summed E-state index contributed by atoms with van der Waals surface area (Å²) in [6, 6.07) is 15.2. The third-order valence-electron chi connectivity index (χ3n) is 7.54. The number of rotatable bonds is 4. The molecule has 1 aliphatic carbocycles. The monoisotopic (exact) mass is 459 g/mol. The Balaban J connectivity index is 1.45. The van der Waals surface area contributed by atoms with Crippen molar-refractivity contribution in [3.63, 3.8) is 0 Å². The van der Waals surface area contributed by atoms with Gasteiger partial charge in [0.2, 0.25) is 0 Å². The van der Waals surface area contributed by atoms with Gasteiger partial charge in [-0.25, -0.2) is 4.68 Å². The van der Waals surface area contributed by atoms with Crippen LogP contribution in [0.25, 0.3) is 5.69 Å². The van der Waals surface area contributed by atoms with Crippen molar-refractivity contribution in [3.05, 3.63) is 87.5 Å². The first kappa shape index (κ1) is 22.5. The number of hydrogen-bond acceptors (Lipinski definition) is 5. The highest BCUT2D eigenvalue weighted by Crippen LogP contribution is 2.49. The van der Waals surface area contributed by atoms with Gasteiger partial charge in [0.05, 0.1) is 12.8 Å². The summed E-state index contributed by atoms with van der Waals surface area (Å²) in [4.78, 5) is 15.3. The van der Waals surface area contributed by atoms with Gasteiger partial charge in [-0.2, -0.15) is 0 Å². The third kappa shape index (κ3) is 3.15. The lowest BCUT2D eigenvalue weighted by molar-refractivity contribution is -0.543. The van der Waals surface area contributed by atoms with Gasteiger partial charge in [0.25, 0.3) is 5.56 Å². The molecule has 0 saturated heterocycles. The normalized spacial score (nSPS) is 26.4. The molecule has 2 aliphatic rings. The smallest absolute Gasteiger partial charge is 0.274 e. The van der Waals surface area contributed by atoms with Gasteiger partial charge in [-0.15, -0.1) is 12.2 Å². The number of methoxy groups -OCH3 is 1. The van der Waals surface area contributed by atoms with E-state index in [-0.39, 0.29) is 11.0 Å². The molecule has 1 N–H and O–H groups in total. The zero-order valence-electron chi connectivity index (χ0n) is 20.0. The molecular weight excluding hydrogens is 430 g/mol. The number of H-pyrrole nitrogens is 1. The van der Waals surface area contributed by atoms with Gasteiger partial charge in [-0.3, -0.25) is 9.89 Å². The Morgan fingerprint density at radius 2 is 1.71 bits per heavy atom. The molecule has 34 heavy (non-hydrogen) atoms. The number of hydrogen-bond donors (Lipinski definition) is 1. The van der Waals surface area contributed by atoms with E-state index in [4.69, 9.17) is 4.74 Å². The van der Waals surface area contributed by atoms with E-state index in [2.05, 4.69) is 36.0 Å². The molecule has 1 fully saturated rings. The highest BCUT2D eigenvalue weighted by molar-refractivity contribution is 5.69. The number of para-hydroxylation sites is 1. The van der Waals surface area contributed by atoms with Crippen molar-refractivity contribution >= 4 is 5.69 Å². The first-order valence-corrected chi connectivity index (χ1v) is 11.5. The molecule has 5 rings (SSSR count).